The molecule has 1 heterocycles. The van der Waals surface area contributed by atoms with Crippen LogP contribution < -0.4 is 11.5 Å². The molecule has 3 unspecified atom stereocenters. The van der Waals surface area contributed by atoms with Gasteiger partial charge in [-0.1, -0.05) is 11.8 Å². The molecule has 0 bridgehead atoms. The van der Waals surface area contributed by atoms with Gasteiger partial charge in [0, 0.05) is 0 Å². The van der Waals surface area contributed by atoms with Gasteiger partial charge in [0.05, 0.1) is 12.6 Å². The van der Waals surface area contributed by atoms with Crippen molar-refractivity contribution in [2.75, 3.05) is 6.61 Å². The van der Waals surface area contributed by atoms with Gasteiger partial charge in [-0.25, -0.2) is 0 Å². The Balaban J connectivity index is 2.69. The highest BCUT2D eigenvalue weighted by Gasteiger charge is 2.42. The average Bonchev–Trinajstić information content (AvgIpc) is 2.18. The first-order valence-electron chi connectivity index (χ1n) is 4.36. The third-order valence-electron chi connectivity index (χ3n) is 2.17. The van der Waals surface area contributed by atoms with Crippen molar-refractivity contribution < 1.29 is 20.1 Å². The molecule has 1 rings (SSSR count). The number of thioether (sulfide) groups is 1. The molecule has 0 amide bonds. The molecule has 1 aliphatic heterocycles. The van der Waals surface area contributed by atoms with Crippen LogP contribution >= 0.6 is 11.8 Å². The van der Waals surface area contributed by atoms with Gasteiger partial charge >= 0.3 is 0 Å². The minimum Gasteiger partial charge on any atom is -0.394 e. The van der Waals surface area contributed by atoms with Crippen LogP contribution in [0.5, 0.6) is 0 Å². The van der Waals surface area contributed by atoms with Gasteiger partial charge in [-0.05, 0) is 0 Å². The van der Waals surface area contributed by atoms with Crippen molar-refractivity contribution in [3.05, 3.63) is 0 Å². The first-order chi connectivity index (χ1) is 6.97. The van der Waals surface area contributed by atoms with Crippen LogP contribution in [0.25, 0.3) is 0 Å². The van der Waals surface area contributed by atoms with Gasteiger partial charge in [0.25, 0.3) is 0 Å². The van der Waals surface area contributed by atoms with E-state index in [9.17, 15) is 10.2 Å². The Bertz CT molecular complexity index is 240. The lowest BCUT2D eigenvalue weighted by molar-refractivity contribution is -0.165. The molecule has 0 aromatic carbocycles. The smallest absolute Gasteiger partial charge is 0.153 e. The summed E-state index contributed by atoms with van der Waals surface area (Å²) in [6.07, 6.45) is -3.33. The van der Waals surface area contributed by atoms with Gasteiger partial charge in [-0.2, -0.15) is 0 Å². The van der Waals surface area contributed by atoms with Crippen LogP contribution in [0.4, 0.5) is 0 Å². The molecule has 0 saturated carbocycles. The number of aliphatic hydroxyl groups is 3. The van der Waals surface area contributed by atoms with Crippen LogP contribution in [0, 0.1) is 5.41 Å². The van der Waals surface area contributed by atoms with Crippen LogP contribution in [0.15, 0.2) is 0 Å². The maximum absolute atomic E-state index is 9.54. The van der Waals surface area contributed by atoms with Gasteiger partial charge in [-0.15, -0.1) is 0 Å². The fourth-order valence-corrected chi connectivity index (χ4v) is 2.10. The van der Waals surface area contributed by atoms with E-state index in [2.05, 4.69) is 0 Å². The van der Waals surface area contributed by atoms with E-state index in [0.717, 1.165) is 11.8 Å². The maximum atomic E-state index is 9.54. The summed E-state index contributed by atoms with van der Waals surface area (Å²) in [5.74, 6) is 0. The Kier molecular flexibility index (Phi) is 4.32. The lowest BCUT2D eigenvalue weighted by Crippen LogP contribution is -2.61. The van der Waals surface area contributed by atoms with Crippen molar-refractivity contribution >= 4 is 16.9 Å². The molecule has 8 heteroatoms. The number of rotatable bonds is 2. The number of nitrogens with one attached hydrogen (secondary N) is 1. The Morgan fingerprint density at radius 3 is 2.47 bits per heavy atom. The molecular formula is C7H15N3O4S. The quantitative estimate of drug-likeness (QED) is 0.228. The van der Waals surface area contributed by atoms with E-state index in [1.165, 1.54) is 0 Å². The maximum Gasteiger partial charge on any atom is 0.153 e. The molecule has 5 atom stereocenters. The highest BCUT2D eigenvalue weighted by Crippen LogP contribution is 2.26. The molecule has 0 spiro atoms. The number of hydrogen-bond acceptors (Lipinski definition) is 7. The highest BCUT2D eigenvalue weighted by atomic mass is 32.2. The molecule has 0 aromatic rings. The van der Waals surface area contributed by atoms with Crippen molar-refractivity contribution in [3.8, 4) is 0 Å². The van der Waals surface area contributed by atoms with Gasteiger partial charge < -0.3 is 31.5 Å². The zero-order valence-electron chi connectivity index (χ0n) is 7.91. The molecule has 1 saturated heterocycles. The predicted molar refractivity (Wildman–Crippen MR) is 55.2 cm³/mol. The van der Waals surface area contributed by atoms with Gasteiger partial charge in [0.15, 0.2) is 5.17 Å². The van der Waals surface area contributed by atoms with E-state index in [1.807, 2.05) is 0 Å². The second-order valence-corrected chi connectivity index (χ2v) is 4.41. The molecule has 88 valence electrons. The van der Waals surface area contributed by atoms with Gasteiger partial charge in [0.1, 0.15) is 23.7 Å². The van der Waals surface area contributed by atoms with Crippen LogP contribution in [0.3, 0.4) is 0 Å². The molecule has 0 aromatic heterocycles. The second kappa shape index (κ2) is 5.10. The van der Waals surface area contributed by atoms with Crippen LogP contribution in [-0.4, -0.2) is 56.9 Å². The monoisotopic (exact) mass is 237 g/mol. The van der Waals surface area contributed by atoms with Gasteiger partial charge in [-0.3, -0.25) is 5.41 Å². The largest absolute Gasteiger partial charge is 0.394 e. The summed E-state index contributed by atoms with van der Waals surface area (Å²) in [7, 11) is 0. The van der Waals surface area contributed by atoms with Crippen LogP contribution in [0.1, 0.15) is 0 Å². The van der Waals surface area contributed by atoms with Crippen molar-refractivity contribution in [2.24, 2.45) is 11.5 Å². The van der Waals surface area contributed by atoms with E-state index < -0.39 is 36.4 Å². The predicted octanol–water partition coefficient (Wildman–Crippen LogP) is -2.62. The molecule has 0 aliphatic carbocycles. The van der Waals surface area contributed by atoms with E-state index in [0.29, 0.717) is 0 Å². The second-order valence-electron chi connectivity index (χ2n) is 3.27. The molecule has 7 nitrogen and oxygen atoms in total. The third kappa shape index (κ3) is 2.80. The Morgan fingerprint density at radius 2 is 2.00 bits per heavy atom. The van der Waals surface area contributed by atoms with Crippen molar-refractivity contribution in [3.63, 3.8) is 0 Å². The normalized spacial score (nSPS) is 41.5. The Hall–Kier alpha value is -0.380. The van der Waals surface area contributed by atoms with Crippen LogP contribution in [-0.2, 0) is 4.74 Å². The minimum atomic E-state index is -1.23. The van der Waals surface area contributed by atoms with Gasteiger partial charge in [0.2, 0.25) is 0 Å². The number of nitrogens with two attached hydrogens (primary N) is 2. The first kappa shape index (κ1) is 12.7. The number of ether oxygens (including phenoxy) is 1. The standard InChI is InChI=1S/C7H15N3O4S/c8-3-5(13)4(12)2(1-11)14-6(3)15-7(9)10/h2-6,11-13H,1,8H2,(H3,9,10)/t2?,3?,4-,5?,6-/m0/s1. The summed E-state index contributed by atoms with van der Waals surface area (Å²) in [6, 6.07) is -0.850. The zero-order chi connectivity index (χ0) is 11.6. The fraction of sp³-hybridized carbons (Fsp3) is 0.857. The fourth-order valence-electron chi connectivity index (χ4n) is 1.33. The molecule has 1 fully saturated rings. The summed E-state index contributed by atoms with van der Waals surface area (Å²) in [6.45, 7) is -0.431. The number of aliphatic hydroxyl groups excluding tert-OH is 3. The summed E-state index contributed by atoms with van der Waals surface area (Å²) in [4.78, 5) is 0. The molecular weight excluding hydrogens is 222 g/mol. The Morgan fingerprint density at radius 1 is 1.40 bits per heavy atom. The topological polar surface area (TPSA) is 146 Å². The third-order valence-corrected chi connectivity index (χ3v) is 3.08. The first-order valence-corrected chi connectivity index (χ1v) is 5.24. The zero-order valence-corrected chi connectivity index (χ0v) is 8.72. The summed E-state index contributed by atoms with van der Waals surface area (Å²) in [5.41, 5.74) is 10.0. The lowest BCUT2D eigenvalue weighted by Gasteiger charge is -2.40. The molecule has 1 aliphatic rings. The van der Waals surface area contributed by atoms with Crippen molar-refractivity contribution in [1.82, 2.24) is 0 Å². The lowest BCUT2D eigenvalue weighted by atomic mass is 9.99. The van der Waals surface area contributed by atoms with E-state index in [4.69, 9.17) is 26.7 Å². The number of hydrogen-bond donors (Lipinski definition) is 6. The number of amidine groups is 1. The van der Waals surface area contributed by atoms with Crippen molar-refractivity contribution in [2.45, 2.75) is 29.8 Å². The van der Waals surface area contributed by atoms with E-state index in [-0.39, 0.29) is 5.17 Å². The summed E-state index contributed by atoms with van der Waals surface area (Å²) < 4.78 is 5.20. The Labute approximate surface area is 90.9 Å². The molecule has 0 radical (unpaired) electrons. The van der Waals surface area contributed by atoms with Crippen LogP contribution in [0.2, 0.25) is 0 Å². The molecule has 8 N–H and O–H groups in total. The summed E-state index contributed by atoms with van der Waals surface area (Å²) in [5, 5.41) is 34.7. The average molecular weight is 237 g/mol. The highest BCUT2D eigenvalue weighted by molar-refractivity contribution is 8.14. The van der Waals surface area contributed by atoms with E-state index >= 15 is 0 Å². The van der Waals surface area contributed by atoms with Crippen molar-refractivity contribution in [1.29, 1.82) is 5.41 Å². The summed E-state index contributed by atoms with van der Waals surface area (Å²) >= 11 is 0.840. The van der Waals surface area contributed by atoms with E-state index in [1.54, 1.807) is 0 Å². The molecule has 15 heavy (non-hydrogen) atoms. The SMILES string of the molecule is N=C(N)S[C@@H]1OC(CO)[C@H](O)C(O)C1N. The minimum absolute atomic E-state index is 0.198.